The van der Waals surface area contributed by atoms with Gasteiger partial charge in [-0.15, -0.1) is 0 Å². The van der Waals surface area contributed by atoms with Crippen LogP contribution >= 0.6 is 0 Å². The van der Waals surface area contributed by atoms with Gasteiger partial charge in [0.15, 0.2) is 23.0 Å². The fourth-order valence-electron chi connectivity index (χ4n) is 11.4. The Morgan fingerprint density at radius 1 is 0.304 bits per heavy atom. The van der Waals surface area contributed by atoms with Gasteiger partial charge in [-0.05, 0) is 156 Å². The van der Waals surface area contributed by atoms with Crippen LogP contribution in [0.4, 0.5) is 34.1 Å². The van der Waals surface area contributed by atoms with E-state index in [0.717, 1.165) is 62.7 Å². The highest BCUT2D eigenvalue weighted by molar-refractivity contribution is 6.23. The summed E-state index contributed by atoms with van der Waals surface area (Å²) in [6.07, 6.45) is 0. The molecular formula is C65H44N2O2. The van der Waals surface area contributed by atoms with E-state index in [1.54, 1.807) is 0 Å². The van der Waals surface area contributed by atoms with Crippen LogP contribution in [0.3, 0.4) is 0 Å². The number of nitrogens with zero attached hydrogens (tertiary/aromatic N) is 2. The highest BCUT2D eigenvalue weighted by Crippen LogP contribution is 2.56. The number of benzene rings is 11. The first-order valence-electron chi connectivity index (χ1n) is 23.7. The molecule has 0 amide bonds. The molecule has 4 nitrogen and oxygen atoms in total. The van der Waals surface area contributed by atoms with E-state index in [1.165, 1.54) is 71.6 Å². The fourth-order valence-corrected chi connectivity index (χ4v) is 11.4. The third-order valence-corrected chi connectivity index (χ3v) is 14.6. The molecule has 0 aromatic heterocycles. The first kappa shape index (κ1) is 39.3. The zero-order valence-electron chi connectivity index (χ0n) is 38.2. The van der Waals surface area contributed by atoms with Gasteiger partial charge in [-0.2, -0.15) is 0 Å². The molecule has 14 rings (SSSR count). The van der Waals surface area contributed by atoms with Crippen molar-refractivity contribution in [2.45, 2.75) is 19.3 Å². The molecule has 0 bridgehead atoms. The van der Waals surface area contributed by atoms with Crippen LogP contribution < -0.4 is 19.3 Å². The van der Waals surface area contributed by atoms with Crippen molar-refractivity contribution in [2.24, 2.45) is 0 Å². The van der Waals surface area contributed by atoms with E-state index < -0.39 is 0 Å². The van der Waals surface area contributed by atoms with E-state index >= 15 is 0 Å². The number of para-hydroxylation sites is 8. The normalized spacial score (nSPS) is 13.7. The zero-order chi connectivity index (χ0) is 45.8. The number of fused-ring (bicyclic) bond motifs is 9. The lowest BCUT2D eigenvalue weighted by Gasteiger charge is -2.33. The van der Waals surface area contributed by atoms with Crippen molar-refractivity contribution < 1.29 is 9.47 Å². The smallest absolute Gasteiger partial charge is 0.151 e. The summed E-state index contributed by atoms with van der Waals surface area (Å²) < 4.78 is 13.0. The topological polar surface area (TPSA) is 24.9 Å². The van der Waals surface area contributed by atoms with Gasteiger partial charge in [0.05, 0.1) is 22.7 Å². The van der Waals surface area contributed by atoms with Gasteiger partial charge in [0.2, 0.25) is 0 Å². The monoisotopic (exact) mass is 884 g/mol. The molecule has 0 unspecified atom stereocenters. The minimum atomic E-state index is -0.176. The van der Waals surface area contributed by atoms with Gasteiger partial charge in [0.1, 0.15) is 0 Å². The molecule has 0 saturated heterocycles. The summed E-state index contributed by atoms with van der Waals surface area (Å²) in [6.45, 7) is 4.74. The Labute approximate surface area is 401 Å². The van der Waals surface area contributed by atoms with Crippen molar-refractivity contribution in [3.8, 4) is 67.5 Å². The lowest BCUT2D eigenvalue weighted by molar-refractivity contribution is 0.477. The Morgan fingerprint density at radius 3 is 1.25 bits per heavy atom. The molecule has 326 valence electrons. The maximum atomic E-state index is 6.53. The SMILES string of the molecule is CC1(C)c2ccccc2-c2ccc(-c3c4ccc(N5c6ccccc6Oc6ccccc65)cc4c(-c4ccc(-c5ccccc5)cc4)c4ccc(N5c6ccccc6Oc6ccccc65)cc34)cc21. The minimum Gasteiger partial charge on any atom is -0.453 e. The van der Waals surface area contributed by atoms with Gasteiger partial charge in [-0.3, -0.25) is 0 Å². The molecule has 0 fully saturated rings. The second-order valence-corrected chi connectivity index (χ2v) is 18.8. The Morgan fingerprint density at radius 2 is 0.710 bits per heavy atom. The number of hydrogen-bond donors (Lipinski definition) is 0. The van der Waals surface area contributed by atoms with E-state index in [0.29, 0.717) is 0 Å². The van der Waals surface area contributed by atoms with Gasteiger partial charge in [0.25, 0.3) is 0 Å². The number of ether oxygens (including phenoxy) is 2. The van der Waals surface area contributed by atoms with Gasteiger partial charge < -0.3 is 19.3 Å². The van der Waals surface area contributed by atoms with E-state index in [-0.39, 0.29) is 5.41 Å². The molecular weight excluding hydrogens is 841 g/mol. The Bertz CT molecular complexity index is 3800. The van der Waals surface area contributed by atoms with Crippen LogP contribution in [-0.2, 0) is 5.41 Å². The van der Waals surface area contributed by atoms with Crippen molar-refractivity contribution in [1.82, 2.24) is 0 Å². The summed E-state index contributed by atoms with van der Waals surface area (Å²) >= 11 is 0. The van der Waals surface area contributed by atoms with Crippen LogP contribution in [0.15, 0.2) is 231 Å². The number of rotatable bonds is 5. The van der Waals surface area contributed by atoms with Crippen LogP contribution in [0.2, 0.25) is 0 Å². The van der Waals surface area contributed by atoms with Crippen molar-refractivity contribution in [2.75, 3.05) is 9.80 Å². The first-order valence-corrected chi connectivity index (χ1v) is 23.7. The molecule has 0 atom stereocenters. The predicted molar refractivity (Wildman–Crippen MR) is 285 cm³/mol. The highest BCUT2D eigenvalue weighted by Gasteiger charge is 2.36. The summed E-state index contributed by atoms with van der Waals surface area (Å²) in [4.78, 5) is 4.71. The van der Waals surface area contributed by atoms with Crippen LogP contribution in [0.25, 0.3) is 66.1 Å². The average molecular weight is 885 g/mol. The van der Waals surface area contributed by atoms with Crippen LogP contribution in [0.1, 0.15) is 25.0 Å². The molecule has 4 heteroatoms. The lowest BCUT2D eigenvalue weighted by Crippen LogP contribution is -2.16. The molecule has 11 aromatic carbocycles. The first-order chi connectivity index (χ1) is 34.0. The predicted octanol–water partition coefficient (Wildman–Crippen LogP) is 18.5. The third-order valence-electron chi connectivity index (χ3n) is 14.6. The van der Waals surface area contributed by atoms with E-state index in [1.807, 2.05) is 24.3 Å². The highest BCUT2D eigenvalue weighted by atomic mass is 16.5. The van der Waals surface area contributed by atoms with Gasteiger partial charge >= 0.3 is 0 Å². The maximum absolute atomic E-state index is 6.53. The number of anilines is 6. The van der Waals surface area contributed by atoms with Crippen LogP contribution in [0, 0.1) is 0 Å². The molecule has 1 aliphatic carbocycles. The van der Waals surface area contributed by atoms with Gasteiger partial charge in [0, 0.05) is 16.8 Å². The second-order valence-electron chi connectivity index (χ2n) is 18.8. The summed E-state index contributed by atoms with van der Waals surface area (Å²) in [5.41, 5.74) is 18.4. The summed E-state index contributed by atoms with van der Waals surface area (Å²) in [5.74, 6) is 3.31. The Kier molecular flexibility index (Phi) is 8.59. The molecule has 69 heavy (non-hydrogen) atoms. The van der Waals surface area contributed by atoms with E-state index in [2.05, 4.69) is 230 Å². The van der Waals surface area contributed by atoms with Crippen molar-refractivity contribution >= 4 is 55.7 Å². The van der Waals surface area contributed by atoms with Crippen LogP contribution in [-0.4, -0.2) is 0 Å². The van der Waals surface area contributed by atoms with Crippen molar-refractivity contribution in [3.63, 3.8) is 0 Å². The largest absolute Gasteiger partial charge is 0.453 e. The molecule has 0 radical (unpaired) electrons. The maximum Gasteiger partial charge on any atom is 0.151 e. The molecule has 2 heterocycles. The fraction of sp³-hybridized carbons (Fsp3) is 0.0462. The molecule has 0 spiro atoms. The molecule has 0 saturated carbocycles. The van der Waals surface area contributed by atoms with Crippen LogP contribution in [0.5, 0.6) is 23.0 Å². The van der Waals surface area contributed by atoms with Gasteiger partial charge in [-0.1, -0.05) is 166 Å². The summed E-state index contributed by atoms with van der Waals surface area (Å²) in [5, 5.41) is 4.69. The molecule has 3 aliphatic rings. The summed E-state index contributed by atoms with van der Waals surface area (Å²) in [7, 11) is 0. The quantitative estimate of drug-likeness (QED) is 0.161. The Balaban J connectivity index is 1.08. The van der Waals surface area contributed by atoms with Crippen molar-refractivity contribution in [1.29, 1.82) is 0 Å². The average Bonchev–Trinajstić information content (AvgIpc) is 3.63. The lowest BCUT2D eigenvalue weighted by atomic mass is 9.80. The second kappa shape index (κ2) is 15.1. The van der Waals surface area contributed by atoms with Gasteiger partial charge in [-0.25, -0.2) is 0 Å². The minimum absolute atomic E-state index is 0.176. The summed E-state index contributed by atoms with van der Waals surface area (Å²) in [6, 6.07) is 83.4. The molecule has 0 N–H and O–H groups in total. The van der Waals surface area contributed by atoms with E-state index in [4.69, 9.17) is 9.47 Å². The standard InChI is InChI=1S/C65H44N2O2/c1-65(2)53-19-7-6-18-47(53)48-35-32-44(38-54(48)65)64-50-37-34-45(66-55-20-8-12-24-59(55)68-60-25-13-9-21-56(60)66)39-51(50)63(43-30-28-42(29-31-43)41-16-4-3-5-17-41)49-36-33-46(40-52(49)64)67-57-22-10-14-26-61(57)69-62-27-15-11-23-58(62)67/h3-40H,1-2H3. The van der Waals surface area contributed by atoms with E-state index in [9.17, 15) is 0 Å². The zero-order valence-corrected chi connectivity index (χ0v) is 38.2. The molecule has 2 aliphatic heterocycles. The Hall–Kier alpha value is -8.86. The number of hydrogen-bond acceptors (Lipinski definition) is 4. The third kappa shape index (κ3) is 6.02. The molecule has 11 aromatic rings. The van der Waals surface area contributed by atoms with Crippen molar-refractivity contribution in [3.05, 3.63) is 242 Å².